The predicted molar refractivity (Wildman–Crippen MR) is 110 cm³/mol. The number of rotatable bonds is 7. The number of Topliss-reactive ketones (excluding diaryl/α,β-unsaturated/α-hetero) is 1. The van der Waals surface area contributed by atoms with Gasteiger partial charge in [0.25, 0.3) is 0 Å². The van der Waals surface area contributed by atoms with Crippen LogP contribution in [0.2, 0.25) is 5.02 Å². The van der Waals surface area contributed by atoms with Gasteiger partial charge < -0.3 is 10.8 Å². The van der Waals surface area contributed by atoms with E-state index in [4.69, 9.17) is 27.7 Å². The molecule has 0 spiro atoms. The van der Waals surface area contributed by atoms with Gasteiger partial charge >= 0.3 is 94.4 Å². The standard InChI is InChI=1S/C10H10ClNO3.C8H10AsNO5/c11-6-1-2-8(12)7(5-6)9(13)3-4-10(14)15;1-6(11)10-8-5-3-2-4-7(8)9(12,13)15-14/h1-2,5H,3-4,12H2,(H,14,15);2-5,14H,1H3,(H,10,11)(H,12,13). The second-order valence-corrected chi connectivity index (χ2v) is 9.82. The van der Waals surface area contributed by atoms with Gasteiger partial charge in [-0.3, -0.25) is 9.59 Å². The average Bonchev–Trinajstić information content (AvgIpc) is 2.68. The molecule has 0 fully saturated rings. The number of carbonyl (C=O) groups excluding carboxylic acids is 2. The van der Waals surface area contributed by atoms with Crippen molar-refractivity contribution in [2.75, 3.05) is 11.1 Å². The minimum atomic E-state index is -4.92. The summed E-state index contributed by atoms with van der Waals surface area (Å²) in [6.45, 7) is 1.27. The first kappa shape index (κ1) is 25.4. The molecule has 12 heteroatoms. The minimum Gasteiger partial charge on any atom is -0.481 e. The van der Waals surface area contributed by atoms with E-state index in [0.29, 0.717) is 10.7 Å². The molecular formula is C18H20AsClN2O8. The van der Waals surface area contributed by atoms with Gasteiger partial charge in [0, 0.05) is 22.7 Å². The first-order chi connectivity index (χ1) is 14.0. The molecule has 0 radical (unpaired) electrons. The van der Waals surface area contributed by atoms with Crippen LogP contribution in [0.3, 0.4) is 0 Å². The molecule has 0 heterocycles. The van der Waals surface area contributed by atoms with Gasteiger partial charge in [0.15, 0.2) is 5.78 Å². The Hall–Kier alpha value is -2.62. The SMILES string of the molecule is CC(=O)Nc1ccccc1[As](=O)(O)OO.Nc1ccc(Cl)cc1C(=O)CCC(=O)O. The van der Waals surface area contributed by atoms with Crippen molar-refractivity contribution in [2.45, 2.75) is 19.8 Å². The quantitative estimate of drug-likeness (QED) is 0.124. The van der Waals surface area contributed by atoms with Gasteiger partial charge in [-0.1, -0.05) is 11.6 Å². The zero-order valence-corrected chi connectivity index (χ0v) is 18.4. The van der Waals surface area contributed by atoms with Crippen molar-refractivity contribution in [1.82, 2.24) is 0 Å². The number of hydrogen-bond donors (Lipinski definition) is 5. The molecule has 0 aliphatic rings. The molecule has 1 unspecified atom stereocenters. The summed E-state index contributed by atoms with van der Waals surface area (Å²) in [6.07, 6.45) is -0.273. The molecule has 0 aromatic heterocycles. The fraction of sp³-hybridized carbons (Fsp3) is 0.167. The summed E-state index contributed by atoms with van der Waals surface area (Å²) >= 11 is 0.775. The van der Waals surface area contributed by atoms with Crippen molar-refractivity contribution in [3.63, 3.8) is 0 Å². The van der Waals surface area contributed by atoms with Gasteiger partial charge in [-0.15, -0.1) is 0 Å². The fourth-order valence-electron chi connectivity index (χ4n) is 2.18. The normalized spacial score (nSPS) is 12.1. The molecule has 1 amide bonds. The topological polar surface area (TPSA) is 176 Å². The molecule has 0 aliphatic heterocycles. The van der Waals surface area contributed by atoms with Crippen molar-refractivity contribution >= 4 is 59.2 Å². The number of carboxylic acids is 1. The number of benzene rings is 2. The molecule has 0 saturated heterocycles. The van der Waals surface area contributed by atoms with Gasteiger partial charge in [0.2, 0.25) is 0 Å². The first-order valence-electron chi connectivity index (χ1n) is 8.31. The van der Waals surface area contributed by atoms with Crippen LogP contribution in [0.4, 0.5) is 11.4 Å². The van der Waals surface area contributed by atoms with Crippen LogP contribution >= 0.6 is 11.6 Å². The summed E-state index contributed by atoms with van der Waals surface area (Å²) in [5, 5.41) is 19.5. The maximum Gasteiger partial charge on any atom is 0.303 e. The van der Waals surface area contributed by atoms with Crippen molar-refractivity contribution in [3.05, 3.63) is 53.1 Å². The van der Waals surface area contributed by atoms with E-state index in [-0.39, 0.29) is 40.1 Å². The maximum absolute atomic E-state index is 11.5. The first-order valence-corrected chi connectivity index (χ1v) is 12.0. The van der Waals surface area contributed by atoms with Gasteiger partial charge in [-0.2, -0.15) is 0 Å². The third-order valence-corrected chi connectivity index (χ3v) is 6.31. The molecule has 2 aromatic carbocycles. The number of halogens is 1. The van der Waals surface area contributed by atoms with Gasteiger partial charge in [-0.25, -0.2) is 0 Å². The molecule has 162 valence electrons. The summed E-state index contributed by atoms with van der Waals surface area (Å²) in [5.74, 6) is -1.70. The molecular weight excluding hydrogens is 483 g/mol. The van der Waals surface area contributed by atoms with Crippen LogP contribution in [-0.2, 0) is 17.2 Å². The Morgan fingerprint density at radius 1 is 1.17 bits per heavy atom. The zero-order valence-electron chi connectivity index (χ0n) is 15.7. The molecule has 2 rings (SSSR count). The fourth-order valence-corrected chi connectivity index (χ4v) is 4.03. The summed E-state index contributed by atoms with van der Waals surface area (Å²) in [6, 6.07) is 10.4. The van der Waals surface area contributed by atoms with Crippen molar-refractivity contribution < 1.29 is 36.5 Å². The number of anilines is 2. The van der Waals surface area contributed by atoms with E-state index in [9.17, 15) is 22.2 Å². The largest absolute Gasteiger partial charge is 0.481 e. The molecule has 0 saturated carbocycles. The molecule has 6 N–H and O–H groups in total. The maximum atomic E-state index is 11.5. The van der Waals surface area contributed by atoms with Gasteiger partial charge in [0.05, 0.1) is 6.42 Å². The number of carboxylic acid groups (broad SMARTS) is 1. The molecule has 10 nitrogen and oxygen atoms in total. The summed E-state index contributed by atoms with van der Waals surface area (Å²) in [5.41, 5.74) is 6.32. The van der Waals surface area contributed by atoms with E-state index in [0.717, 1.165) is 0 Å². The van der Waals surface area contributed by atoms with E-state index in [2.05, 4.69) is 9.19 Å². The number of carbonyl (C=O) groups is 3. The second kappa shape index (κ2) is 11.5. The smallest absolute Gasteiger partial charge is 0.303 e. The Labute approximate surface area is 179 Å². The van der Waals surface area contributed by atoms with Crippen molar-refractivity contribution in [2.24, 2.45) is 0 Å². The second-order valence-electron chi connectivity index (χ2n) is 5.85. The van der Waals surface area contributed by atoms with Crippen LogP contribution < -0.4 is 15.4 Å². The number of hydrogen-bond acceptors (Lipinski definition) is 7. The molecule has 0 aliphatic carbocycles. The van der Waals surface area contributed by atoms with Crippen LogP contribution in [-0.4, -0.2) is 46.3 Å². The molecule has 2 aromatic rings. The third-order valence-electron chi connectivity index (χ3n) is 3.51. The average molecular weight is 503 g/mol. The van der Waals surface area contributed by atoms with Crippen LogP contribution in [0.25, 0.3) is 0 Å². The Balaban J connectivity index is 0.000000300. The van der Waals surface area contributed by atoms with E-state index in [1.54, 1.807) is 12.1 Å². The number of nitrogens with one attached hydrogen (secondary N) is 1. The van der Waals surface area contributed by atoms with Gasteiger partial charge in [-0.05, 0) is 18.2 Å². The monoisotopic (exact) mass is 502 g/mol. The van der Waals surface area contributed by atoms with Crippen LogP contribution in [0.15, 0.2) is 42.5 Å². The van der Waals surface area contributed by atoms with E-state index in [1.165, 1.54) is 37.3 Å². The van der Waals surface area contributed by atoms with Crippen molar-refractivity contribution in [1.29, 1.82) is 0 Å². The minimum absolute atomic E-state index is 0.0696. The van der Waals surface area contributed by atoms with Crippen molar-refractivity contribution in [3.8, 4) is 0 Å². The Bertz CT molecular complexity index is 982. The van der Waals surface area contributed by atoms with Crippen LogP contribution in [0.1, 0.15) is 30.1 Å². The van der Waals surface area contributed by atoms with Crippen LogP contribution in [0, 0.1) is 0 Å². The number of ketones is 1. The van der Waals surface area contributed by atoms with E-state index >= 15 is 0 Å². The zero-order chi connectivity index (χ0) is 22.9. The molecule has 0 bridgehead atoms. The Kier molecular flexibility index (Phi) is 9.77. The Morgan fingerprint density at radius 2 is 1.80 bits per heavy atom. The van der Waals surface area contributed by atoms with E-state index < -0.39 is 20.1 Å². The van der Waals surface area contributed by atoms with Gasteiger partial charge in [0.1, 0.15) is 0 Å². The third kappa shape index (κ3) is 8.02. The number of amides is 1. The molecule has 1 atom stereocenters. The summed E-state index contributed by atoms with van der Waals surface area (Å²) < 4.78 is 24.1. The van der Waals surface area contributed by atoms with Crippen LogP contribution in [0.5, 0.6) is 0 Å². The summed E-state index contributed by atoms with van der Waals surface area (Å²) in [4.78, 5) is 32.6. The number of nitrogen functional groups attached to an aromatic ring is 1. The number of aliphatic carboxylic acids is 1. The molecule has 30 heavy (non-hydrogen) atoms. The Morgan fingerprint density at radius 3 is 2.37 bits per heavy atom. The number of nitrogens with two attached hydrogens (primary N) is 1. The van der Waals surface area contributed by atoms with E-state index in [1.807, 2.05) is 0 Å². The number of para-hydroxylation sites is 1. The summed E-state index contributed by atoms with van der Waals surface area (Å²) in [7, 11) is 0. The predicted octanol–water partition coefficient (Wildman–Crippen LogP) is 1.67.